The molecule has 0 amide bonds. The van der Waals surface area contributed by atoms with Gasteiger partial charge in [-0.05, 0) is 49.4 Å². The van der Waals surface area contributed by atoms with Crippen molar-refractivity contribution >= 4 is 39.5 Å². The van der Waals surface area contributed by atoms with E-state index in [2.05, 4.69) is 55.4 Å². The number of carbonyl (C=O) groups is 4. The molecule has 3 unspecified atom stereocenters. The number of hydrogen-bond donors (Lipinski definition) is 3. The second kappa shape index (κ2) is 66.3. The van der Waals surface area contributed by atoms with E-state index in [0.717, 1.165) is 114 Å². The van der Waals surface area contributed by atoms with Gasteiger partial charge in [0.25, 0.3) is 0 Å². The quantitative estimate of drug-likeness (QED) is 0.0222. The zero-order valence-corrected chi connectivity index (χ0v) is 64.8. The van der Waals surface area contributed by atoms with E-state index in [0.29, 0.717) is 31.6 Å². The molecule has 3 N–H and O–H groups in total. The van der Waals surface area contributed by atoms with Gasteiger partial charge in [0.15, 0.2) is 12.2 Å². The van der Waals surface area contributed by atoms with E-state index in [1.54, 1.807) is 0 Å². The van der Waals surface area contributed by atoms with E-state index in [4.69, 9.17) is 37.0 Å². The third-order valence-corrected chi connectivity index (χ3v) is 19.7. The lowest BCUT2D eigenvalue weighted by Crippen LogP contribution is -2.30. The summed E-state index contributed by atoms with van der Waals surface area (Å²) in [5.74, 6) is 0.906. The molecule has 0 aliphatic heterocycles. The van der Waals surface area contributed by atoms with Crippen molar-refractivity contribution in [1.82, 2.24) is 0 Å². The van der Waals surface area contributed by atoms with Crippen LogP contribution in [-0.4, -0.2) is 96.7 Å². The summed E-state index contributed by atoms with van der Waals surface area (Å²) in [7, 11) is -9.91. The number of ether oxygens (including phenoxy) is 4. The van der Waals surface area contributed by atoms with Crippen LogP contribution in [0.4, 0.5) is 0 Å². The minimum Gasteiger partial charge on any atom is -0.462 e. The van der Waals surface area contributed by atoms with Crippen molar-refractivity contribution in [3.8, 4) is 0 Å². The first-order valence-electron chi connectivity index (χ1n) is 39.7. The number of aliphatic hydroxyl groups is 1. The van der Waals surface area contributed by atoms with E-state index in [1.807, 2.05) is 0 Å². The molecule has 19 heteroatoms. The Kier molecular flexibility index (Phi) is 65.0. The molecule has 0 saturated carbocycles. The summed E-state index contributed by atoms with van der Waals surface area (Å²) in [6.45, 7) is 14.2. The van der Waals surface area contributed by atoms with E-state index in [9.17, 15) is 43.2 Å². The Morgan fingerprint density at radius 3 is 0.646 bits per heavy atom. The fourth-order valence-electron chi connectivity index (χ4n) is 11.7. The lowest BCUT2D eigenvalue weighted by molar-refractivity contribution is -0.161. The van der Waals surface area contributed by atoms with Crippen LogP contribution in [0.5, 0.6) is 0 Å². The van der Waals surface area contributed by atoms with Gasteiger partial charge in [-0.2, -0.15) is 0 Å². The molecule has 0 aromatic rings. The van der Waals surface area contributed by atoms with Gasteiger partial charge < -0.3 is 33.8 Å². The number of unbranched alkanes of at least 4 members (excludes halogenated alkanes) is 40. The fourth-order valence-corrected chi connectivity index (χ4v) is 13.3. The first-order chi connectivity index (χ1) is 46.1. The monoisotopic (exact) mass is 1410 g/mol. The van der Waals surface area contributed by atoms with E-state index in [-0.39, 0.29) is 25.7 Å². The molecule has 5 atom stereocenters. The molecule has 96 heavy (non-hydrogen) atoms. The van der Waals surface area contributed by atoms with Gasteiger partial charge >= 0.3 is 39.5 Å². The number of aliphatic hydroxyl groups excluding tert-OH is 1. The molecule has 0 rings (SSSR count). The van der Waals surface area contributed by atoms with Crippen LogP contribution in [0.1, 0.15) is 389 Å². The zero-order valence-electron chi connectivity index (χ0n) is 63.0. The van der Waals surface area contributed by atoms with Crippen LogP contribution in [0.3, 0.4) is 0 Å². The highest BCUT2D eigenvalue weighted by Gasteiger charge is 2.30. The van der Waals surface area contributed by atoms with E-state index >= 15 is 0 Å². The average molecular weight is 1410 g/mol. The molecular weight excluding hydrogens is 1260 g/mol. The van der Waals surface area contributed by atoms with Crippen LogP contribution in [0.15, 0.2) is 0 Å². The van der Waals surface area contributed by atoms with Crippen LogP contribution in [-0.2, 0) is 65.4 Å². The molecular formula is C77H150O17P2. The molecule has 0 aliphatic rings. The summed E-state index contributed by atoms with van der Waals surface area (Å²) < 4.78 is 68.5. The number of phosphoric ester groups is 2. The molecule has 0 aromatic carbocycles. The summed E-state index contributed by atoms with van der Waals surface area (Å²) in [5.41, 5.74) is 0. The summed E-state index contributed by atoms with van der Waals surface area (Å²) in [5, 5.41) is 10.6. The smallest absolute Gasteiger partial charge is 0.462 e. The minimum absolute atomic E-state index is 0.106. The van der Waals surface area contributed by atoms with E-state index in [1.165, 1.54) is 186 Å². The molecule has 0 spiro atoms. The molecule has 0 aliphatic carbocycles. The predicted octanol–water partition coefficient (Wildman–Crippen LogP) is 22.4. The molecule has 0 saturated heterocycles. The molecule has 0 fully saturated rings. The predicted molar refractivity (Wildman–Crippen MR) is 391 cm³/mol. The number of phosphoric acid groups is 2. The SMILES string of the molecule is CC(C)CCCCCCCCCCCCCCCCCCC(=O)O[C@H](COC(=O)CCCCCCCCCCC(C)C)COP(=O)(O)OCC(O)COP(=O)(O)OC[C@@H](COC(=O)CCCCCCCCCC(C)C)OC(=O)CCCCCCCCCCCCCCCC(C)C. The van der Waals surface area contributed by atoms with Crippen LogP contribution in [0, 0.1) is 23.7 Å². The van der Waals surface area contributed by atoms with Gasteiger partial charge in [0, 0.05) is 25.7 Å². The van der Waals surface area contributed by atoms with Crippen molar-refractivity contribution in [1.29, 1.82) is 0 Å². The van der Waals surface area contributed by atoms with Gasteiger partial charge in [-0.1, -0.05) is 338 Å². The van der Waals surface area contributed by atoms with Gasteiger partial charge in [-0.25, -0.2) is 9.13 Å². The number of esters is 4. The maximum atomic E-state index is 13.1. The second-order valence-electron chi connectivity index (χ2n) is 29.7. The van der Waals surface area contributed by atoms with Crippen molar-refractivity contribution in [3.63, 3.8) is 0 Å². The summed E-state index contributed by atoms with van der Waals surface area (Å²) in [4.78, 5) is 72.8. The Morgan fingerprint density at radius 1 is 0.260 bits per heavy atom. The van der Waals surface area contributed by atoms with Crippen molar-refractivity contribution in [2.45, 2.75) is 408 Å². The van der Waals surface area contributed by atoms with Crippen LogP contribution in [0.2, 0.25) is 0 Å². The molecule has 570 valence electrons. The molecule has 0 heterocycles. The Balaban J connectivity index is 5.22. The first-order valence-corrected chi connectivity index (χ1v) is 42.7. The Bertz CT molecular complexity index is 1880. The second-order valence-corrected chi connectivity index (χ2v) is 32.6. The third-order valence-electron chi connectivity index (χ3n) is 17.8. The van der Waals surface area contributed by atoms with Crippen molar-refractivity contribution in [2.75, 3.05) is 39.6 Å². The Morgan fingerprint density at radius 2 is 0.438 bits per heavy atom. The topological polar surface area (TPSA) is 237 Å². The van der Waals surface area contributed by atoms with Crippen LogP contribution < -0.4 is 0 Å². The summed E-state index contributed by atoms with van der Waals surface area (Å²) in [6, 6.07) is 0. The normalized spacial score (nSPS) is 14.1. The maximum Gasteiger partial charge on any atom is 0.472 e. The molecule has 0 aromatic heterocycles. The van der Waals surface area contributed by atoms with E-state index < -0.39 is 97.5 Å². The number of carbonyl (C=O) groups excluding carboxylic acids is 4. The highest BCUT2D eigenvalue weighted by Crippen LogP contribution is 2.45. The fraction of sp³-hybridized carbons (Fsp3) is 0.948. The highest BCUT2D eigenvalue weighted by molar-refractivity contribution is 7.47. The Labute approximate surface area is 588 Å². The highest BCUT2D eigenvalue weighted by atomic mass is 31.2. The van der Waals surface area contributed by atoms with Crippen molar-refractivity contribution < 1.29 is 80.2 Å². The average Bonchev–Trinajstić information content (AvgIpc) is 1.09. The van der Waals surface area contributed by atoms with Gasteiger partial charge in [0.2, 0.25) is 0 Å². The zero-order chi connectivity index (χ0) is 71.0. The Hall–Kier alpha value is -1.94. The standard InChI is InChI=1S/C77H150O17P2/c1-67(2)53-45-37-29-22-18-14-11-9-10-12-16-20-24-34-43-51-59-76(81)93-72(63-87-74(79)57-49-41-33-27-26-31-39-47-55-69(5)6)65-91-95(83,84)89-61-71(78)62-90-96(85,86)92-66-73(64-88-75(80)58-50-42-36-28-32-40-48-56-70(7)8)94-77(82)60-52-44-35-25-21-17-13-15-19-23-30-38-46-54-68(3)4/h67-73,78H,9-66H2,1-8H3,(H,83,84)(H,85,86)/t71?,72-,73-/m1/s1. The molecule has 0 bridgehead atoms. The summed E-state index contributed by atoms with van der Waals surface area (Å²) in [6.07, 6.45) is 51.5. The van der Waals surface area contributed by atoms with Gasteiger partial charge in [-0.3, -0.25) is 37.3 Å². The maximum absolute atomic E-state index is 13.1. The number of rotatable bonds is 74. The molecule has 0 radical (unpaired) electrons. The van der Waals surface area contributed by atoms with Crippen molar-refractivity contribution in [3.05, 3.63) is 0 Å². The van der Waals surface area contributed by atoms with Crippen LogP contribution >= 0.6 is 15.6 Å². The number of hydrogen-bond acceptors (Lipinski definition) is 15. The third kappa shape index (κ3) is 70.5. The minimum atomic E-state index is -4.96. The largest absolute Gasteiger partial charge is 0.472 e. The first kappa shape index (κ1) is 94.1. The van der Waals surface area contributed by atoms with Crippen molar-refractivity contribution in [2.24, 2.45) is 23.7 Å². The molecule has 17 nitrogen and oxygen atoms in total. The van der Waals surface area contributed by atoms with Gasteiger partial charge in [-0.15, -0.1) is 0 Å². The van der Waals surface area contributed by atoms with Crippen LogP contribution in [0.25, 0.3) is 0 Å². The lowest BCUT2D eigenvalue weighted by Gasteiger charge is -2.21. The van der Waals surface area contributed by atoms with Gasteiger partial charge in [0.05, 0.1) is 26.4 Å². The summed E-state index contributed by atoms with van der Waals surface area (Å²) >= 11 is 0. The van der Waals surface area contributed by atoms with Gasteiger partial charge in [0.1, 0.15) is 19.3 Å². The lowest BCUT2D eigenvalue weighted by atomic mass is 10.0.